The molecule has 0 aliphatic heterocycles. The van der Waals surface area contributed by atoms with Crippen LogP contribution in [0.5, 0.6) is 0 Å². The lowest BCUT2D eigenvalue weighted by Gasteiger charge is -2.10. The smallest absolute Gasteiger partial charge is 0.253 e. The van der Waals surface area contributed by atoms with E-state index in [1.165, 1.54) is 6.07 Å². The van der Waals surface area contributed by atoms with Gasteiger partial charge in [0.05, 0.1) is 5.69 Å². The molecule has 0 amide bonds. The SMILES string of the molecule is Fc1nc(F)c(F)c(Nc2ccccc2I)c1F. The van der Waals surface area contributed by atoms with E-state index in [4.69, 9.17) is 0 Å². The van der Waals surface area contributed by atoms with Crippen LogP contribution in [0.2, 0.25) is 0 Å². The third-order valence-electron chi connectivity index (χ3n) is 2.13. The van der Waals surface area contributed by atoms with Gasteiger partial charge in [-0.2, -0.15) is 22.5 Å². The zero-order valence-corrected chi connectivity index (χ0v) is 10.8. The van der Waals surface area contributed by atoms with Crippen molar-refractivity contribution >= 4 is 34.0 Å². The summed E-state index contributed by atoms with van der Waals surface area (Å²) in [6.07, 6.45) is 0. The van der Waals surface area contributed by atoms with Crippen LogP contribution in [0.25, 0.3) is 0 Å². The van der Waals surface area contributed by atoms with E-state index < -0.39 is 29.2 Å². The highest BCUT2D eigenvalue weighted by Gasteiger charge is 2.21. The van der Waals surface area contributed by atoms with Gasteiger partial charge in [0.25, 0.3) is 11.9 Å². The Morgan fingerprint density at radius 1 is 0.944 bits per heavy atom. The van der Waals surface area contributed by atoms with Crippen molar-refractivity contribution in [2.75, 3.05) is 5.32 Å². The van der Waals surface area contributed by atoms with Gasteiger partial charge in [0.2, 0.25) is 11.6 Å². The maximum absolute atomic E-state index is 13.4. The van der Waals surface area contributed by atoms with Crippen molar-refractivity contribution in [2.24, 2.45) is 0 Å². The van der Waals surface area contributed by atoms with Gasteiger partial charge < -0.3 is 5.32 Å². The van der Waals surface area contributed by atoms with E-state index in [1.807, 2.05) is 22.6 Å². The summed E-state index contributed by atoms with van der Waals surface area (Å²) in [7, 11) is 0. The Kier molecular flexibility index (Phi) is 3.69. The van der Waals surface area contributed by atoms with Crippen LogP contribution < -0.4 is 5.32 Å². The van der Waals surface area contributed by atoms with E-state index in [1.54, 1.807) is 18.2 Å². The van der Waals surface area contributed by atoms with Gasteiger partial charge in [-0.25, -0.2) is 0 Å². The number of pyridine rings is 1. The zero-order valence-electron chi connectivity index (χ0n) is 8.65. The van der Waals surface area contributed by atoms with Gasteiger partial charge in [0, 0.05) is 3.57 Å². The summed E-state index contributed by atoms with van der Waals surface area (Å²) in [5.74, 6) is -6.51. The Morgan fingerprint density at radius 3 is 2.06 bits per heavy atom. The van der Waals surface area contributed by atoms with Crippen molar-refractivity contribution < 1.29 is 17.6 Å². The first-order valence-electron chi connectivity index (χ1n) is 4.72. The fourth-order valence-corrected chi connectivity index (χ4v) is 1.82. The number of hydrogen-bond donors (Lipinski definition) is 1. The second kappa shape index (κ2) is 5.09. The maximum Gasteiger partial charge on any atom is 0.253 e. The molecule has 2 rings (SSSR count). The molecule has 94 valence electrons. The first-order valence-corrected chi connectivity index (χ1v) is 5.80. The van der Waals surface area contributed by atoms with Crippen molar-refractivity contribution in [2.45, 2.75) is 0 Å². The molecule has 0 aliphatic carbocycles. The van der Waals surface area contributed by atoms with Crippen molar-refractivity contribution in [3.63, 3.8) is 0 Å². The number of rotatable bonds is 2. The fraction of sp³-hybridized carbons (Fsp3) is 0. The number of para-hydroxylation sites is 1. The number of nitrogens with one attached hydrogen (secondary N) is 1. The van der Waals surface area contributed by atoms with Crippen LogP contribution in [0.3, 0.4) is 0 Å². The topological polar surface area (TPSA) is 24.9 Å². The standard InChI is InChI=1S/C11H5F4IN2/c12-7-9(8(13)11(15)18-10(7)14)17-6-4-2-1-3-5(6)16/h1-4H,(H,17,18). The average Bonchev–Trinajstić information content (AvgIpc) is 2.34. The predicted molar refractivity (Wildman–Crippen MR) is 66.5 cm³/mol. The van der Waals surface area contributed by atoms with Crippen LogP contribution in [-0.4, -0.2) is 4.98 Å². The van der Waals surface area contributed by atoms with Gasteiger partial charge in [-0.05, 0) is 34.7 Å². The van der Waals surface area contributed by atoms with E-state index in [2.05, 4.69) is 10.3 Å². The minimum atomic E-state index is -1.69. The van der Waals surface area contributed by atoms with Crippen LogP contribution >= 0.6 is 22.6 Å². The zero-order chi connectivity index (χ0) is 13.3. The largest absolute Gasteiger partial charge is 0.350 e. The summed E-state index contributed by atoms with van der Waals surface area (Å²) in [6, 6.07) is 6.53. The number of nitrogens with zero attached hydrogens (tertiary/aromatic N) is 1. The number of hydrogen-bond acceptors (Lipinski definition) is 2. The number of aromatic nitrogens is 1. The number of benzene rings is 1. The third-order valence-corrected chi connectivity index (χ3v) is 3.07. The van der Waals surface area contributed by atoms with Gasteiger partial charge in [0.1, 0.15) is 5.69 Å². The molecular weight excluding hydrogens is 363 g/mol. The van der Waals surface area contributed by atoms with Crippen molar-refractivity contribution in [3.8, 4) is 0 Å². The Bertz CT molecular complexity index is 578. The van der Waals surface area contributed by atoms with Crippen molar-refractivity contribution in [1.29, 1.82) is 0 Å². The Balaban J connectivity index is 2.50. The second-order valence-corrected chi connectivity index (χ2v) is 4.46. The Hall–Kier alpha value is -1.38. The molecule has 0 bridgehead atoms. The van der Waals surface area contributed by atoms with Crippen LogP contribution in [0.15, 0.2) is 24.3 Å². The molecular formula is C11H5F4IN2. The van der Waals surface area contributed by atoms with Gasteiger partial charge >= 0.3 is 0 Å². The lowest BCUT2D eigenvalue weighted by molar-refractivity contribution is 0.411. The molecule has 0 fully saturated rings. The summed E-state index contributed by atoms with van der Waals surface area (Å²) in [4.78, 5) is 2.47. The number of halogens is 5. The molecule has 0 radical (unpaired) electrons. The maximum atomic E-state index is 13.4. The summed E-state index contributed by atoms with van der Waals surface area (Å²) in [5.41, 5.74) is -0.565. The van der Waals surface area contributed by atoms with E-state index in [-0.39, 0.29) is 0 Å². The highest BCUT2D eigenvalue weighted by atomic mass is 127. The minimum absolute atomic E-state index is 0.334. The van der Waals surface area contributed by atoms with E-state index >= 15 is 0 Å². The predicted octanol–water partition coefficient (Wildman–Crippen LogP) is 3.99. The summed E-state index contributed by atoms with van der Waals surface area (Å²) >= 11 is 1.92. The first-order chi connectivity index (χ1) is 8.50. The summed E-state index contributed by atoms with van der Waals surface area (Å²) in [6.45, 7) is 0. The van der Waals surface area contributed by atoms with E-state index in [0.29, 0.717) is 9.26 Å². The van der Waals surface area contributed by atoms with Crippen molar-refractivity contribution in [3.05, 3.63) is 51.4 Å². The molecule has 0 saturated heterocycles. The van der Waals surface area contributed by atoms with Crippen LogP contribution in [0.4, 0.5) is 28.9 Å². The van der Waals surface area contributed by atoms with Gasteiger partial charge in [-0.15, -0.1) is 0 Å². The molecule has 0 saturated carbocycles. The highest BCUT2D eigenvalue weighted by molar-refractivity contribution is 14.1. The average molecular weight is 368 g/mol. The second-order valence-electron chi connectivity index (χ2n) is 3.30. The lowest BCUT2D eigenvalue weighted by Crippen LogP contribution is -2.06. The Morgan fingerprint density at radius 2 is 1.50 bits per heavy atom. The minimum Gasteiger partial charge on any atom is -0.350 e. The molecule has 0 spiro atoms. The molecule has 0 unspecified atom stereocenters. The molecule has 1 aromatic carbocycles. The quantitative estimate of drug-likeness (QED) is 0.493. The third kappa shape index (κ3) is 2.40. The molecule has 2 nitrogen and oxygen atoms in total. The summed E-state index contributed by atoms with van der Waals surface area (Å²) < 4.78 is 53.1. The lowest BCUT2D eigenvalue weighted by atomic mass is 10.3. The van der Waals surface area contributed by atoms with E-state index in [9.17, 15) is 17.6 Å². The van der Waals surface area contributed by atoms with Crippen molar-refractivity contribution in [1.82, 2.24) is 4.98 Å². The van der Waals surface area contributed by atoms with Gasteiger partial charge in [0.15, 0.2) is 0 Å². The number of anilines is 2. The molecule has 1 N–H and O–H groups in total. The molecule has 2 aromatic rings. The first kappa shape index (κ1) is 13.1. The molecule has 7 heteroatoms. The van der Waals surface area contributed by atoms with Gasteiger partial charge in [-0.3, -0.25) is 0 Å². The van der Waals surface area contributed by atoms with Gasteiger partial charge in [-0.1, -0.05) is 12.1 Å². The van der Waals surface area contributed by atoms with E-state index in [0.717, 1.165) is 0 Å². The Labute approximate surface area is 113 Å². The highest BCUT2D eigenvalue weighted by Crippen LogP contribution is 2.28. The van der Waals surface area contributed by atoms with Crippen LogP contribution in [0, 0.1) is 27.1 Å². The molecule has 18 heavy (non-hydrogen) atoms. The molecule has 0 atom stereocenters. The van der Waals surface area contributed by atoms with Crippen LogP contribution in [0.1, 0.15) is 0 Å². The molecule has 1 heterocycles. The fourth-order valence-electron chi connectivity index (χ4n) is 1.29. The normalized spacial score (nSPS) is 10.5. The monoisotopic (exact) mass is 368 g/mol. The van der Waals surface area contributed by atoms with Crippen LogP contribution in [-0.2, 0) is 0 Å². The summed E-state index contributed by atoms with van der Waals surface area (Å²) in [5, 5.41) is 2.31. The molecule has 1 aromatic heterocycles. The molecule has 0 aliphatic rings.